The van der Waals surface area contributed by atoms with Gasteiger partial charge in [0.25, 0.3) is 12.0 Å². The second-order valence-electron chi connectivity index (χ2n) is 10.2. The van der Waals surface area contributed by atoms with Crippen LogP contribution < -0.4 is 10.3 Å². The lowest BCUT2D eigenvalue weighted by atomic mass is 9.86. The summed E-state index contributed by atoms with van der Waals surface area (Å²) in [5.74, 6) is -1.14. The Morgan fingerprint density at radius 1 is 1.18 bits per heavy atom. The van der Waals surface area contributed by atoms with Crippen molar-refractivity contribution in [3.63, 3.8) is 0 Å². The summed E-state index contributed by atoms with van der Waals surface area (Å²) in [6.07, 6.45) is 0.0688. The summed E-state index contributed by atoms with van der Waals surface area (Å²) in [6.45, 7) is 5.81. The van der Waals surface area contributed by atoms with E-state index in [1.54, 1.807) is 23.6 Å². The Hall–Kier alpha value is -3.87. The molecule has 3 aromatic rings. The molecule has 0 unspecified atom stereocenters. The molecule has 0 saturated carbocycles. The zero-order valence-corrected chi connectivity index (χ0v) is 22.6. The number of piperazine rings is 1. The molecule has 12 heteroatoms. The number of fused-ring (bicyclic) bond motifs is 5. The second kappa shape index (κ2) is 10.6. The van der Waals surface area contributed by atoms with Crippen LogP contribution >= 0.6 is 0 Å². The molecule has 0 bridgehead atoms. The summed E-state index contributed by atoms with van der Waals surface area (Å²) < 4.78 is 26.8. The van der Waals surface area contributed by atoms with Crippen molar-refractivity contribution in [2.75, 3.05) is 40.3 Å². The van der Waals surface area contributed by atoms with E-state index in [2.05, 4.69) is 16.8 Å². The Morgan fingerprint density at radius 3 is 2.52 bits per heavy atom. The van der Waals surface area contributed by atoms with Gasteiger partial charge in [-0.3, -0.25) is 14.5 Å². The normalized spacial score (nSPS) is 20.2. The average molecular weight is 555 g/mol. The molecule has 3 aliphatic heterocycles. The quantitative estimate of drug-likeness (QED) is 0.283. The highest BCUT2D eigenvalue weighted by molar-refractivity contribution is 5.90. The van der Waals surface area contributed by atoms with Crippen LogP contribution in [0.25, 0.3) is 22.3 Å². The lowest BCUT2D eigenvalue weighted by Gasteiger charge is -2.33. The highest BCUT2D eigenvalue weighted by Crippen LogP contribution is 2.41. The lowest BCUT2D eigenvalue weighted by Crippen LogP contribution is -2.44. The van der Waals surface area contributed by atoms with Crippen LogP contribution in [0.3, 0.4) is 0 Å². The molecule has 5 heterocycles. The molecule has 1 atom stereocenters. The summed E-state index contributed by atoms with van der Waals surface area (Å²) in [5.41, 5.74) is 1.72. The molecule has 212 valence electrons. The molecule has 0 amide bonds. The topological polar surface area (TPSA) is 134 Å². The highest BCUT2D eigenvalue weighted by atomic mass is 19.1. The Morgan fingerprint density at radius 2 is 1.88 bits per heavy atom. The molecular formula is C28H31FN4O7. The van der Waals surface area contributed by atoms with Crippen molar-refractivity contribution >= 4 is 23.3 Å². The van der Waals surface area contributed by atoms with Gasteiger partial charge < -0.3 is 29.2 Å². The van der Waals surface area contributed by atoms with Gasteiger partial charge in [0.1, 0.15) is 6.61 Å². The summed E-state index contributed by atoms with van der Waals surface area (Å²) in [6, 6.07) is 4.73. The van der Waals surface area contributed by atoms with Gasteiger partial charge in [-0.05, 0) is 31.2 Å². The van der Waals surface area contributed by atoms with Crippen LogP contribution in [0.15, 0.2) is 23.0 Å². The molecule has 0 aliphatic carbocycles. The average Bonchev–Trinajstić information content (AvgIpc) is 3.31. The third-order valence-corrected chi connectivity index (χ3v) is 8.06. The number of pyridine rings is 2. The van der Waals surface area contributed by atoms with Crippen LogP contribution in [0.4, 0.5) is 4.39 Å². The molecule has 0 spiro atoms. The number of carbonyl (C=O) groups is 2. The van der Waals surface area contributed by atoms with E-state index in [1.165, 1.54) is 13.2 Å². The number of likely N-dealkylation sites (N-methyl/N-ethyl adjacent to an activating group) is 1. The number of hydrogen-bond donors (Lipinski definition) is 2. The molecule has 40 heavy (non-hydrogen) atoms. The maximum atomic E-state index is 14.8. The van der Waals surface area contributed by atoms with Crippen LogP contribution in [0.1, 0.15) is 35.6 Å². The molecule has 0 radical (unpaired) electrons. The molecule has 1 aromatic carbocycles. The number of aromatic nitrogens is 2. The van der Waals surface area contributed by atoms with Crippen LogP contribution in [-0.4, -0.2) is 82.3 Å². The van der Waals surface area contributed by atoms with Gasteiger partial charge in [0.2, 0.25) is 0 Å². The Bertz CT molecular complexity index is 1560. The molecular weight excluding hydrogens is 523 g/mol. The van der Waals surface area contributed by atoms with Crippen molar-refractivity contribution in [1.82, 2.24) is 19.4 Å². The van der Waals surface area contributed by atoms with Crippen molar-refractivity contribution in [3.8, 4) is 17.1 Å². The van der Waals surface area contributed by atoms with Crippen LogP contribution in [0.2, 0.25) is 0 Å². The maximum absolute atomic E-state index is 14.8. The summed E-state index contributed by atoms with van der Waals surface area (Å²) >= 11 is 0. The van der Waals surface area contributed by atoms with Gasteiger partial charge in [0.15, 0.2) is 17.2 Å². The standard InChI is InChI=1S/C27H29FN4O5.CH2O2/c1-4-27(35)19-10-22-24-17(13-32(22)25(33)18(19)14-37-26(27)34)16(12-31-7-5-30(2)6-8-31)15-9-23(36-3)20(28)11-21(15)29-24;2-1-3/h9-11,35H,4-8,12-14H2,1-3H3;1H,(H,2,3)/t27-;/m0./s1. The van der Waals surface area contributed by atoms with Gasteiger partial charge in [-0.25, -0.2) is 14.2 Å². The zero-order valence-electron chi connectivity index (χ0n) is 22.6. The van der Waals surface area contributed by atoms with Crippen molar-refractivity contribution in [3.05, 3.63) is 56.6 Å². The number of nitrogens with zero attached hydrogens (tertiary/aromatic N) is 4. The first-order chi connectivity index (χ1) is 19.2. The number of benzene rings is 1. The fourth-order valence-corrected chi connectivity index (χ4v) is 5.73. The predicted octanol–water partition coefficient (Wildman–Crippen LogP) is 1.68. The first-order valence-corrected chi connectivity index (χ1v) is 13.0. The van der Waals surface area contributed by atoms with Gasteiger partial charge in [0, 0.05) is 55.3 Å². The SMILES string of the molecule is CC[C@@]1(O)C(=O)OCc2c1cc1n(c2=O)Cc2c-1nc1cc(F)c(OC)cc1c2CN1CCN(C)CC1.O=CO. The first kappa shape index (κ1) is 27.7. The van der Waals surface area contributed by atoms with E-state index in [9.17, 15) is 19.1 Å². The molecule has 2 N–H and O–H groups in total. The van der Waals surface area contributed by atoms with Gasteiger partial charge in [0.05, 0.1) is 36.1 Å². The van der Waals surface area contributed by atoms with Crippen molar-refractivity contribution in [1.29, 1.82) is 0 Å². The third-order valence-electron chi connectivity index (χ3n) is 8.06. The number of cyclic esters (lactones) is 1. The maximum Gasteiger partial charge on any atom is 0.343 e. The summed E-state index contributed by atoms with van der Waals surface area (Å²) in [7, 11) is 3.53. The van der Waals surface area contributed by atoms with Gasteiger partial charge in [-0.1, -0.05) is 6.92 Å². The van der Waals surface area contributed by atoms with Crippen molar-refractivity contribution in [2.24, 2.45) is 0 Å². The van der Waals surface area contributed by atoms with E-state index in [1.807, 2.05) is 0 Å². The van der Waals surface area contributed by atoms with E-state index in [4.69, 9.17) is 24.4 Å². The number of carboxylic acid groups (broad SMARTS) is 1. The minimum atomic E-state index is -1.90. The van der Waals surface area contributed by atoms with E-state index >= 15 is 0 Å². The first-order valence-electron chi connectivity index (χ1n) is 13.0. The monoisotopic (exact) mass is 554 g/mol. The number of rotatable bonds is 4. The molecule has 6 rings (SSSR count). The smallest absolute Gasteiger partial charge is 0.343 e. The minimum absolute atomic E-state index is 0.0688. The fourth-order valence-electron chi connectivity index (χ4n) is 5.73. The molecule has 11 nitrogen and oxygen atoms in total. The fraction of sp³-hybridized carbons (Fsp3) is 0.429. The van der Waals surface area contributed by atoms with Gasteiger partial charge >= 0.3 is 5.97 Å². The lowest BCUT2D eigenvalue weighted by molar-refractivity contribution is -0.172. The largest absolute Gasteiger partial charge is 0.494 e. The number of carbonyl (C=O) groups excluding carboxylic acids is 1. The van der Waals surface area contributed by atoms with Gasteiger partial charge in [-0.15, -0.1) is 0 Å². The number of ether oxygens (including phenoxy) is 2. The Labute approximate surface area is 229 Å². The van der Waals surface area contributed by atoms with Crippen LogP contribution in [0.5, 0.6) is 5.75 Å². The van der Waals surface area contributed by atoms with Crippen molar-refractivity contribution < 1.29 is 33.7 Å². The number of hydrogen-bond acceptors (Lipinski definition) is 9. The second-order valence-corrected chi connectivity index (χ2v) is 10.2. The number of halogens is 1. The van der Waals surface area contributed by atoms with Crippen molar-refractivity contribution in [2.45, 2.75) is 38.6 Å². The zero-order chi connectivity index (χ0) is 28.8. The third kappa shape index (κ3) is 4.41. The molecule has 2 aromatic heterocycles. The number of methoxy groups -OCH3 is 1. The molecule has 1 fully saturated rings. The van der Waals surface area contributed by atoms with Crippen LogP contribution in [0, 0.1) is 5.82 Å². The summed E-state index contributed by atoms with van der Waals surface area (Å²) in [4.78, 5) is 43.9. The van der Waals surface area contributed by atoms with E-state index in [0.717, 1.165) is 42.7 Å². The number of aliphatic hydroxyl groups is 1. The predicted molar refractivity (Wildman–Crippen MR) is 143 cm³/mol. The van der Waals surface area contributed by atoms with E-state index < -0.39 is 17.4 Å². The Kier molecular flexibility index (Phi) is 7.34. The minimum Gasteiger partial charge on any atom is -0.494 e. The summed E-state index contributed by atoms with van der Waals surface area (Å²) in [5, 5.41) is 18.8. The molecule has 3 aliphatic rings. The number of esters is 1. The highest BCUT2D eigenvalue weighted by Gasteiger charge is 2.45. The van der Waals surface area contributed by atoms with E-state index in [-0.39, 0.29) is 41.9 Å². The van der Waals surface area contributed by atoms with Gasteiger partial charge in [-0.2, -0.15) is 0 Å². The van der Waals surface area contributed by atoms with E-state index in [0.29, 0.717) is 30.0 Å². The Balaban J connectivity index is 0.00000103. The van der Waals surface area contributed by atoms with Crippen LogP contribution in [-0.2, 0) is 39.6 Å². The molecule has 1 saturated heterocycles.